The molecule has 0 saturated carbocycles. The van der Waals surface area contributed by atoms with Gasteiger partial charge in [0.25, 0.3) is 0 Å². The monoisotopic (exact) mass is 153 g/mol. The summed E-state index contributed by atoms with van der Waals surface area (Å²) in [4.78, 5) is 4.02. The van der Waals surface area contributed by atoms with Gasteiger partial charge in [0.15, 0.2) is 0 Å². The standard InChI is InChI=1S/C8H15N3/c1-3-4-9-5-8-6-10-7-11(8)2/h6-7,9H,3-5H2,1-2H3. The predicted octanol–water partition coefficient (Wildman–Crippen LogP) is 0.920. The summed E-state index contributed by atoms with van der Waals surface area (Å²) in [6, 6.07) is 0. The van der Waals surface area contributed by atoms with Gasteiger partial charge in [-0.1, -0.05) is 6.92 Å². The average molecular weight is 153 g/mol. The molecule has 0 spiro atoms. The van der Waals surface area contributed by atoms with Gasteiger partial charge in [0.2, 0.25) is 0 Å². The van der Waals surface area contributed by atoms with E-state index in [0.717, 1.165) is 13.1 Å². The molecule has 1 N–H and O–H groups in total. The maximum atomic E-state index is 4.02. The predicted molar refractivity (Wildman–Crippen MR) is 45.2 cm³/mol. The summed E-state index contributed by atoms with van der Waals surface area (Å²) in [5.74, 6) is 0. The SMILES string of the molecule is CCCNCc1cncn1C. The van der Waals surface area contributed by atoms with Crippen LogP contribution >= 0.6 is 0 Å². The fourth-order valence-corrected chi connectivity index (χ4v) is 0.948. The zero-order valence-electron chi connectivity index (χ0n) is 7.17. The normalized spacial score (nSPS) is 10.4. The summed E-state index contributed by atoms with van der Waals surface area (Å²) in [5.41, 5.74) is 1.23. The van der Waals surface area contributed by atoms with Gasteiger partial charge in [-0.15, -0.1) is 0 Å². The molecule has 0 aromatic carbocycles. The van der Waals surface area contributed by atoms with Crippen LogP contribution in [-0.4, -0.2) is 16.1 Å². The van der Waals surface area contributed by atoms with Crippen LogP contribution in [0.3, 0.4) is 0 Å². The fourth-order valence-electron chi connectivity index (χ4n) is 0.948. The molecule has 0 aliphatic heterocycles. The van der Waals surface area contributed by atoms with Crippen LogP contribution in [0.1, 0.15) is 19.0 Å². The fraction of sp³-hybridized carbons (Fsp3) is 0.625. The van der Waals surface area contributed by atoms with Gasteiger partial charge >= 0.3 is 0 Å². The smallest absolute Gasteiger partial charge is 0.0945 e. The summed E-state index contributed by atoms with van der Waals surface area (Å²) < 4.78 is 2.03. The van der Waals surface area contributed by atoms with Gasteiger partial charge in [-0.25, -0.2) is 4.98 Å². The van der Waals surface area contributed by atoms with Crippen molar-refractivity contribution >= 4 is 0 Å². The van der Waals surface area contributed by atoms with E-state index < -0.39 is 0 Å². The highest BCUT2D eigenvalue weighted by Crippen LogP contribution is 1.94. The zero-order chi connectivity index (χ0) is 8.10. The number of nitrogens with one attached hydrogen (secondary N) is 1. The van der Waals surface area contributed by atoms with Gasteiger partial charge in [-0.2, -0.15) is 0 Å². The molecular formula is C8H15N3. The minimum absolute atomic E-state index is 0.921. The van der Waals surface area contributed by atoms with Crippen LogP contribution in [0.25, 0.3) is 0 Å². The van der Waals surface area contributed by atoms with Crippen molar-refractivity contribution in [3.8, 4) is 0 Å². The second kappa shape index (κ2) is 4.13. The number of hydrogen-bond acceptors (Lipinski definition) is 2. The first kappa shape index (κ1) is 8.27. The lowest BCUT2D eigenvalue weighted by atomic mass is 10.4. The molecule has 0 radical (unpaired) electrons. The number of aryl methyl sites for hydroxylation is 1. The van der Waals surface area contributed by atoms with Gasteiger partial charge in [-0.3, -0.25) is 0 Å². The molecular weight excluding hydrogens is 138 g/mol. The minimum atomic E-state index is 0.921. The second-order valence-electron chi connectivity index (χ2n) is 2.67. The Morgan fingerprint density at radius 3 is 3.00 bits per heavy atom. The number of hydrogen-bond donors (Lipinski definition) is 1. The quantitative estimate of drug-likeness (QED) is 0.652. The van der Waals surface area contributed by atoms with Crippen molar-refractivity contribution in [1.82, 2.24) is 14.9 Å². The van der Waals surface area contributed by atoms with Gasteiger partial charge in [-0.05, 0) is 13.0 Å². The van der Waals surface area contributed by atoms with Crippen LogP contribution in [0.2, 0.25) is 0 Å². The first-order chi connectivity index (χ1) is 5.34. The lowest BCUT2D eigenvalue weighted by Crippen LogP contribution is -2.15. The first-order valence-electron chi connectivity index (χ1n) is 4.00. The van der Waals surface area contributed by atoms with Crippen molar-refractivity contribution in [2.24, 2.45) is 7.05 Å². The number of rotatable bonds is 4. The zero-order valence-corrected chi connectivity index (χ0v) is 7.17. The molecule has 0 amide bonds. The van der Waals surface area contributed by atoms with Gasteiger partial charge < -0.3 is 9.88 Å². The Morgan fingerprint density at radius 2 is 2.45 bits per heavy atom. The summed E-state index contributed by atoms with van der Waals surface area (Å²) in [5, 5.41) is 3.32. The van der Waals surface area contributed by atoms with Crippen LogP contribution < -0.4 is 5.32 Å². The van der Waals surface area contributed by atoms with E-state index in [-0.39, 0.29) is 0 Å². The van der Waals surface area contributed by atoms with Crippen LogP contribution in [-0.2, 0) is 13.6 Å². The third-order valence-corrected chi connectivity index (χ3v) is 1.65. The van der Waals surface area contributed by atoms with Gasteiger partial charge in [0.05, 0.1) is 12.0 Å². The van der Waals surface area contributed by atoms with Crippen LogP contribution in [0.4, 0.5) is 0 Å². The van der Waals surface area contributed by atoms with Crippen LogP contribution in [0.15, 0.2) is 12.5 Å². The van der Waals surface area contributed by atoms with Gasteiger partial charge in [0, 0.05) is 19.8 Å². The maximum Gasteiger partial charge on any atom is 0.0945 e. The summed E-state index contributed by atoms with van der Waals surface area (Å²) in [6.07, 6.45) is 4.89. The lowest BCUT2D eigenvalue weighted by Gasteiger charge is -2.02. The van der Waals surface area contributed by atoms with E-state index >= 15 is 0 Å². The van der Waals surface area contributed by atoms with Crippen molar-refractivity contribution in [3.05, 3.63) is 18.2 Å². The Bertz CT molecular complexity index is 205. The highest BCUT2D eigenvalue weighted by molar-refractivity contribution is 4.96. The van der Waals surface area contributed by atoms with Crippen molar-refractivity contribution in [3.63, 3.8) is 0 Å². The van der Waals surface area contributed by atoms with E-state index in [0.29, 0.717) is 0 Å². The van der Waals surface area contributed by atoms with Crippen molar-refractivity contribution in [1.29, 1.82) is 0 Å². The van der Waals surface area contributed by atoms with Gasteiger partial charge in [0.1, 0.15) is 0 Å². The minimum Gasteiger partial charge on any atom is -0.337 e. The number of aromatic nitrogens is 2. The Kier molecular flexibility index (Phi) is 3.11. The molecule has 1 aromatic heterocycles. The third kappa shape index (κ3) is 2.35. The molecule has 0 unspecified atom stereocenters. The molecule has 3 heteroatoms. The molecule has 0 aliphatic rings. The molecule has 0 saturated heterocycles. The third-order valence-electron chi connectivity index (χ3n) is 1.65. The average Bonchev–Trinajstić information content (AvgIpc) is 2.37. The number of imidazole rings is 1. The molecule has 0 aliphatic carbocycles. The molecule has 3 nitrogen and oxygen atoms in total. The largest absolute Gasteiger partial charge is 0.337 e. The molecule has 0 atom stereocenters. The summed E-state index contributed by atoms with van der Waals surface area (Å²) in [7, 11) is 2.01. The van der Waals surface area contributed by atoms with Crippen LogP contribution in [0, 0.1) is 0 Å². The van der Waals surface area contributed by atoms with Crippen molar-refractivity contribution in [2.75, 3.05) is 6.54 Å². The van der Waals surface area contributed by atoms with E-state index in [1.54, 1.807) is 0 Å². The lowest BCUT2D eigenvalue weighted by molar-refractivity contribution is 0.644. The molecule has 11 heavy (non-hydrogen) atoms. The molecule has 1 aromatic rings. The van der Waals surface area contributed by atoms with Crippen molar-refractivity contribution in [2.45, 2.75) is 19.9 Å². The second-order valence-corrected chi connectivity index (χ2v) is 2.67. The van der Waals surface area contributed by atoms with E-state index in [1.165, 1.54) is 12.1 Å². The Labute approximate surface area is 67.4 Å². The maximum absolute atomic E-state index is 4.02. The molecule has 0 bridgehead atoms. The number of nitrogens with zero attached hydrogens (tertiary/aromatic N) is 2. The molecule has 0 fully saturated rings. The highest BCUT2D eigenvalue weighted by atomic mass is 15.0. The Hall–Kier alpha value is -0.830. The Balaban J connectivity index is 2.32. The first-order valence-corrected chi connectivity index (χ1v) is 4.00. The van der Waals surface area contributed by atoms with E-state index in [9.17, 15) is 0 Å². The highest BCUT2D eigenvalue weighted by Gasteiger charge is 1.94. The molecule has 62 valence electrons. The van der Waals surface area contributed by atoms with E-state index in [1.807, 2.05) is 24.1 Å². The van der Waals surface area contributed by atoms with E-state index in [2.05, 4.69) is 17.2 Å². The molecule has 1 heterocycles. The summed E-state index contributed by atoms with van der Waals surface area (Å²) >= 11 is 0. The van der Waals surface area contributed by atoms with Crippen molar-refractivity contribution < 1.29 is 0 Å². The topological polar surface area (TPSA) is 29.9 Å². The Morgan fingerprint density at radius 1 is 1.64 bits per heavy atom. The van der Waals surface area contributed by atoms with Crippen LogP contribution in [0.5, 0.6) is 0 Å². The van der Waals surface area contributed by atoms with E-state index in [4.69, 9.17) is 0 Å². The molecule has 1 rings (SSSR count). The summed E-state index contributed by atoms with van der Waals surface area (Å²) in [6.45, 7) is 4.16.